The zero-order valence-corrected chi connectivity index (χ0v) is 33.0. The van der Waals surface area contributed by atoms with Gasteiger partial charge in [0, 0.05) is 21.6 Å². The molecule has 0 N–H and O–H groups in total. The van der Waals surface area contributed by atoms with Gasteiger partial charge in [-0.3, -0.25) is 0 Å². The summed E-state index contributed by atoms with van der Waals surface area (Å²) in [6.45, 7) is 20.3. The molecule has 0 saturated heterocycles. The third-order valence-electron chi connectivity index (χ3n) is 7.40. The molecule has 0 radical (unpaired) electrons. The molecule has 0 saturated carbocycles. The fourth-order valence-corrected chi connectivity index (χ4v) is 25.1. The van der Waals surface area contributed by atoms with E-state index < -0.39 is 47.5 Å². The zero-order chi connectivity index (χ0) is 35.8. The molecule has 2 heterocycles. The maximum Gasteiger partial charge on any atom is 0.407 e. The van der Waals surface area contributed by atoms with Crippen molar-refractivity contribution in [2.24, 2.45) is 0 Å². The van der Waals surface area contributed by atoms with Gasteiger partial charge in [0.05, 0.1) is 24.3 Å². The summed E-state index contributed by atoms with van der Waals surface area (Å²) in [5, 5.41) is 4.39. The van der Waals surface area contributed by atoms with Gasteiger partial charge in [-0.1, -0.05) is 46.3 Å². The molecule has 0 unspecified atom stereocenters. The molecular weight excluding hydrogens is 841 g/mol. The van der Waals surface area contributed by atoms with E-state index in [9.17, 15) is 26.3 Å². The van der Waals surface area contributed by atoms with Crippen LogP contribution in [0.25, 0.3) is 20.3 Å². The maximum absolute atomic E-state index is 12.7. The number of hydrogen-bond acceptors (Lipinski definition) is 4. The molecule has 4 aromatic rings. The van der Waals surface area contributed by atoms with Crippen molar-refractivity contribution < 1.29 is 26.3 Å². The van der Waals surface area contributed by atoms with Crippen molar-refractivity contribution in [3.05, 3.63) is 98.0 Å². The molecule has 0 aliphatic heterocycles. The van der Waals surface area contributed by atoms with Crippen molar-refractivity contribution in [2.45, 2.75) is 85.0 Å². The van der Waals surface area contributed by atoms with E-state index >= 15 is 0 Å². The summed E-state index contributed by atoms with van der Waals surface area (Å²) in [6.07, 6.45) is 2.92. The van der Waals surface area contributed by atoms with Crippen molar-refractivity contribution in [2.75, 3.05) is 0 Å². The molecule has 2 aromatic carbocycles. The Kier molecular flexibility index (Phi) is 17.6. The molecule has 0 fully saturated rings. The van der Waals surface area contributed by atoms with Gasteiger partial charge in [-0.2, -0.15) is 26.3 Å². The first-order valence-corrected chi connectivity index (χ1v) is 25.4. The molecule has 14 heteroatoms. The molecule has 4 rings (SSSR count). The number of benzene rings is 2. The first kappa shape index (κ1) is 41.7. The van der Waals surface area contributed by atoms with Crippen molar-refractivity contribution in [3.8, 4) is 10.6 Å². The third-order valence-corrected chi connectivity index (χ3v) is 27.4. The SMILES string of the molecule is CCC[CH2][Sn]([CH2]CCC)([CH2]CCC)[c]1nccs1.[C-]#[N+]c1ccc(-c2nccs2)cc1C(F)(F)F.[C-]#[N+]c1ccc(Br)cc1C(F)(F)F. The van der Waals surface area contributed by atoms with Crippen molar-refractivity contribution >= 4 is 71.4 Å². The number of hydrogen-bond donors (Lipinski definition) is 0. The van der Waals surface area contributed by atoms with Gasteiger partial charge in [0.2, 0.25) is 0 Å². The van der Waals surface area contributed by atoms with Gasteiger partial charge >= 0.3 is 134 Å². The summed E-state index contributed by atoms with van der Waals surface area (Å²) in [4.78, 5) is 14.4. The molecule has 0 aliphatic rings. The molecule has 0 aliphatic carbocycles. The quantitative estimate of drug-likeness (QED) is 0.0855. The fraction of sp³-hybridized carbons (Fsp3) is 0.412. The average Bonchev–Trinajstić information content (AvgIpc) is 3.80. The van der Waals surface area contributed by atoms with Crippen LogP contribution in [-0.4, -0.2) is 28.3 Å². The topological polar surface area (TPSA) is 34.5 Å². The van der Waals surface area contributed by atoms with E-state index in [-0.39, 0.29) is 5.69 Å². The minimum absolute atomic E-state index is 0.312. The largest absolute Gasteiger partial charge is 0.407 e. The molecule has 0 bridgehead atoms. The monoisotopic (exact) mass is 878 g/mol. The van der Waals surface area contributed by atoms with Crippen LogP contribution in [0, 0.1) is 13.1 Å². The van der Waals surface area contributed by atoms with E-state index in [1.54, 1.807) is 21.7 Å². The van der Waals surface area contributed by atoms with E-state index in [1.807, 2.05) is 17.5 Å². The minimum Gasteiger partial charge on any atom is -0.245 e. The number of alkyl halides is 6. The molecule has 258 valence electrons. The summed E-state index contributed by atoms with van der Waals surface area (Å²) >= 11 is 4.01. The second-order valence-electron chi connectivity index (χ2n) is 10.9. The number of nitrogens with zero attached hydrogens (tertiary/aromatic N) is 4. The van der Waals surface area contributed by atoms with Crippen LogP contribution >= 0.6 is 38.6 Å². The van der Waals surface area contributed by atoms with Crippen LogP contribution in [-0.2, 0) is 12.4 Å². The predicted molar refractivity (Wildman–Crippen MR) is 191 cm³/mol. The van der Waals surface area contributed by atoms with Crippen LogP contribution in [0.3, 0.4) is 0 Å². The third kappa shape index (κ3) is 12.8. The number of thiazole rings is 2. The summed E-state index contributed by atoms with van der Waals surface area (Å²) in [5.41, 5.74) is -2.22. The Balaban J connectivity index is 0.000000254. The van der Waals surface area contributed by atoms with E-state index in [0.717, 1.165) is 18.2 Å². The standard InChI is InChI=1S/C11H5F3N2S.C8H3BrF3N.3C4H9.C3H2NS.Sn/c1-15-9-3-2-7(10-16-4-5-17-10)6-8(9)11(12,13)14;1-13-7-3-2-5(9)4-6(7)8(10,11)12;3*1-3-4-2;1-2-5-3-4-1;/h2-6H;2-4H;3*1,3-4H2,2H3;1-2H;. The minimum atomic E-state index is -4.52. The van der Waals surface area contributed by atoms with Crippen LogP contribution < -0.4 is 3.02 Å². The van der Waals surface area contributed by atoms with Crippen LogP contribution in [0.15, 0.2) is 64.0 Å². The van der Waals surface area contributed by atoms with Gasteiger partial charge in [-0.25, -0.2) is 14.7 Å². The number of aromatic nitrogens is 2. The summed E-state index contributed by atoms with van der Waals surface area (Å²) in [7, 11) is 0. The zero-order valence-electron chi connectivity index (χ0n) is 26.9. The second-order valence-corrected chi connectivity index (χ2v) is 27.6. The van der Waals surface area contributed by atoms with E-state index in [2.05, 4.69) is 56.8 Å². The Hall–Kier alpha value is -2.46. The van der Waals surface area contributed by atoms with E-state index in [4.69, 9.17) is 18.1 Å². The Morgan fingerprint density at radius 2 is 1.19 bits per heavy atom. The molecule has 2 aromatic heterocycles. The van der Waals surface area contributed by atoms with Gasteiger partial charge in [0.25, 0.3) is 0 Å². The first-order valence-electron chi connectivity index (χ1n) is 15.4. The molecule has 0 spiro atoms. The Morgan fingerprint density at radius 1 is 0.708 bits per heavy atom. The predicted octanol–water partition coefficient (Wildman–Crippen LogP) is 13.6. The number of rotatable bonds is 11. The van der Waals surface area contributed by atoms with Gasteiger partial charge < -0.3 is 0 Å². The van der Waals surface area contributed by atoms with Crippen LogP contribution in [0.2, 0.25) is 13.3 Å². The van der Waals surface area contributed by atoms with Gasteiger partial charge in [0.1, 0.15) is 5.01 Å². The Bertz CT molecular complexity index is 1590. The summed E-state index contributed by atoms with van der Waals surface area (Å²) in [6, 6.07) is 7.05. The molecule has 0 amide bonds. The number of unbranched alkanes of at least 4 members (excludes halogenated alkanes) is 3. The van der Waals surface area contributed by atoms with E-state index in [0.29, 0.717) is 15.0 Å². The summed E-state index contributed by atoms with van der Waals surface area (Å²) in [5.74, 6) is 0. The van der Waals surface area contributed by atoms with Crippen molar-refractivity contribution in [1.29, 1.82) is 0 Å². The van der Waals surface area contributed by atoms with Gasteiger partial charge in [0.15, 0.2) is 11.4 Å². The van der Waals surface area contributed by atoms with E-state index in [1.165, 1.54) is 74.3 Å². The van der Waals surface area contributed by atoms with Crippen LogP contribution in [0.1, 0.15) is 70.4 Å². The molecule has 4 nitrogen and oxygen atoms in total. The average molecular weight is 878 g/mol. The van der Waals surface area contributed by atoms with Crippen LogP contribution in [0.4, 0.5) is 37.7 Å². The molecule has 48 heavy (non-hydrogen) atoms. The summed E-state index contributed by atoms with van der Waals surface area (Å²) < 4.78 is 81.4. The number of halogens is 7. The fourth-order valence-electron chi connectivity index (χ4n) is 4.92. The Morgan fingerprint density at radius 3 is 1.60 bits per heavy atom. The van der Waals surface area contributed by atoms with Crippen molar-refractivity contribution in [1.82, 2.24) is 9.97 Å². The first-order chi connectivity index (χ1) is 22.8. The van der Waals surface area contributed by atoms with Gasteiger partial charge in [-0.15, -0.1) is 11.3 Å². The van der Waals surface area contributed by atoms with Crippen LogP contribution in [0.5, 0.6) is 0 Å². The normalized spacial score (nSPS) is 11.4. The molecule has 0 atom stereocenters. The Labute approximate surface area is 299 Å². The second kappa shape index (κ2) is 20.3. The maximum atomic E-state index is 12.7. The smallest absolute Gasteiger partial charge is 0.245 e. The van der Waals surface area contributed by atoms with Gasteiger partial charge in [-0.05, 0) is 6.07 Å². The molecular formula is C34H37BrF6N4S2Sn. The van der Waals surface area contributed by atoms with Crippen molar-refractivity contribution in [3.63, 3.8) is 0 Å².